The largest absolute Gasteiger partial charge is 0.337 e. The quantitative estimate of drug-likeness (QED) is 0.904. The molecule has 0 atom stereocenters. The van der Waals surface area contributed by atoms with Crippen LogP contribution in [0.3, 0.4) is 0 Å². The van der Waals surface area contributed by atoms with Crippen molar-refractivity contribution in [2.45, 2.75) is 20.8 Å². The molecule has 0 unspecified atom stereocenters. The highest BCUT2D eigenvalue weighted by Gasteiger charge is 2.13. The summed E-state index contributed by atoms with van der Waals surface area (Å²) in [4.78, 5) is 0. The summed E-state index contributed by atoms with van der Waals surface area (Å²) in [6, 6.07) is 5.14. The van der Waals surface area contributed by atoms with Crippen LogP contribution in [0.5, 0.6) is 0 Å². The normalized spacial score (nSPS) is 10.2. The minimum absolute atomic E-state index is 0.334. The molecule has 4 nitrogen and oxygen atoms in total. The van der Waals surface area contributed by atoms with E-state index in [-0.39, 0.29) is 5.82 Å². The average Bonchev–Trinajstić information content (AvgIpc) is 2.40. The number of hydrogen-bond acceptors (Lipinski definition) is 4. The summed E-state index contributed by atoms with van der Waals surface area (Å²) in [5.74, 6) is 0.0388. The molecule has 1 heterocycles. The number of nitriles is 1. The van der Waals surface area contributed by atoms with Gasteiger partial charge >= 0.3 is 0 Å². The number of anilines is 2. The molecule has 0 aliphatic heterocycles. The lowest BCUT2D eigenvalue weighted by Crippen LogP contribution is -2.04. The Kier molecular flexibility index (Phi) is 4.00. The molecular formula is C14H12BrFN4. The molecule has 1 aromatic heterocycles. The van der Waals surface area contributed by atoms with Crippen LogP contribution in [-0.2, 0) is 0 Å². The smallest absolute Gasteiger partial charge is 0.171 e. The fourth-order valence-corrected chi connectivity index (χ4v) is 2.08. The monoisotopic (exact) mass is 334 g/mol. The van der Waals surface area contributed by atoms with Crippen molar-refractivity contribution in [3.63, 3.8) is 0 Å². The molecule has 2 rings (SSSR count). The zero-order valence-electron chi connectivity index (χ0n) is 11.3. The molecule has 1 N–H and O–H groups in total. The molecule has 0 saturated heterocycles. The average molecular weight is 335 g/mol. The maximum atomic E-state index is 13.4. The lowest BCUT2D eigenvalue weighted by Gasteiger charge is -2.12. The van der Waals surface area contributed by atoms with E-state index < -0.39 is 0 Å². The first-order chi connectivity index (χ1) is 9.43. The third-order valence-electron chi connectivity index (χ3n) is 3.09. The van der Waals surface area contributed by atoms with Gasteiger partial charge in [0.05, 0.1) is 10.2 Å². The maximum absolute atomic E-state index is 13.4. The van der Waals surface area contributed by atoms with E-state index in [1.165, 1.54) is 6.07 Å². The van der Waals surface area contributed by atoms with Crippen molar-refractivity contribution in [2.24, 2.45) is 0 Å². The zero-order chi connectivity index (χ0) is 14.9. The Bertz CT molecular complexity index is 722. The first-order valence-corrected chi connectivity index (χ1v) is 6.70. The lowest BCUT2D eigenvalue weighted by atomic mass is 10.1. The molecule has 0 aliphatic rings. The van der Waals surface area contributed by atoms with Gasteiger partial charge in [0.25, 0.3) is 0 Å². The topological polar surface area (TPSA) is 61.6 Å². The van der Waals surface area contributed by atoms with Crippen molar-refractivity contribution in [3.8, 4) is 6.07 Å². The van der Waals surface area contributed by atoms with E-state index in [2.05, 4.69) is 37.5 Å². The fourth-order valence-electron chi connectivity index (χ4n) is 1.74. The fraction of sp³-hybridized carbons (Fsp3) is 0.214. The van der Waals surface area contributed by atoms with Crippen LogP contribution in [0.25, 0.3) is 0 Å². The Balaban J connectivity index is 2.49. The predicted molar refractivity (Wildman–Crippen MR) is 78.3 cm³/mol. The van der Waals surface area contributed by atoms with Crippen molar-refractivity contribution in [2.75, 3.05) is 5.32 Å². The van der Waals surface area contributed by atoms with Gasteiger partial charge in [-0.3, -0.25) is 0 Å². The first kappa shape index (κ1) is 14.4. The van der Waals surface area contributed by atoms with Crippen LogP contribution in [0.15, 0.2) is 16.6 Å². The van der Waals surface area contributed by atoms with E-state index in [1.807, 2.05) is 6.92 Å². The Hall–Kier alpha value is -2.00. The predicted octanol–water partition coefficient (Wildman–Crippen LogP) is 3.92. The summed E-state index contributed by atoms with van der Waals surface area (Å²) >= 11 is 3.14. The lowest BCUT2D eigenvalue weighted by molar-refractivity contribution is 0.620. The highest BCUT2D eigenvalue weighted by Crippen LogP contribution is 2.28. The summed E-state index contributed by atoms with van der Waals surface area (Å²) in [5, 5.41) is 20.3. The molecule has 0 amide bonds. The van der Waals surface area contributed by atoms with Crippen molar-refractivity contribution < 1.29 is 4.39 Å². The van der Waals surface area contributed by atoms with Gasteiger partial charge in [-0.2, -0.15) is 10.4 Å². The summed E-state index contributed by atoms with van der Waals surface area (Å²) in [5.41, 5.74) is 3.33. The summed E-state index contributed by atoms with van der Waals surface area (Å²) in [7, 11) is 0. The van der Waals surface area contributed by atoms with Gasteiger partial charge in [-0.05, 0) is 60.0 Å². The van der Waals surface area contributed by atoms with Crippen molar-refractivity contribution in [3.05, 3.63) is 44.8 Å². The van der Waals surface area contributed by atoms with E-state index >= 15 is 0 Å². The number of nitrogens with one attached hydrogen (secondary N) is 1. The third-order valence-corrected chi connectivity index (χ3v) is 3.69. The van der Waals surface area contributed by atoms with Crippen molar-refractivity contribution in [1.82, 2.24) is 10.2 Å². The number of nitrogens with zero attached hydrogens (tertiary/aromatic N) is 3. The maximum Gasteiger partial charge on any atom is 0.171 e. The zero-order valence-corrected chi connectivity index (χ0v) is 12.8. The highest BCUT2D eigenvalue weighted by atomic mass is 79.9. The van der Waals surface area contributed by atoms with Gasteiger partial charge in [0, 0.05) is 5.69 Å². The molecule has 0 saturated carbocycles. The highest BCUT2D eigenvalue weighted by molar-refractivity contribution is 9.10. The van der Waals surface area contributed by atoms with Crippen LogP contribution in [0.1, 0.15) is 22.4 Å². The Morgan fingerprint density at radius 3 is 2.60 bits per heavy atom. The molecule has 0 aliphatic carbocycles. The van der Waals surface area contributed by atoms with Crippen LogP contribution < -0.4 is 5.32 Å². The van der Waals surface area contributed by atoms with Gasteiger partial charge in [-0.1, -0.05) is 0 Å². The van der Waals surface area contributed by atoms with Crippen LogP contribution in [0.2, 0.25) is 0 Å². The van der Waals surface area contributed by atoms with Gasteiger partial charge in [-0.25, -0.2) is 4.39 Å². The van der Waals surface area contributed by atoms with E-state index in [1.54, 1.807) is 19.9 Å². The molecule has 0 spiro atoms. The number of halogens is 2. The van der Waals surface area contributed by atoms with E-state index in [0.29, 0.717) is 27.2 Å². The van der Waals surface area contributed by atoms with Gasteiger partial charge in [0.2, 0.25) is 0 Å². The molecule has 6 heteroatoms. The number of aryl methyl sites for hydroxylation is 2. The van der Waals surface area contributed by atoms with Crippen LogP contribution in [0.4, 0.5) is 15.9 Å². The van der Waals surface area contributed by atoms with Crippen LogP contribution in [0, 0.1) is 37.9 Å². The second-order valence-corrected chi connectivity index (χ2v) is 5.31. The molecule has 20 heavy (non-hydrogen) atoms. The molecular weight excluding hydrogens is 323 g/mol. The van der Waals surface area contributed by atoms with E-state index in [9.17, 15) is 9.65 Å². The van der Waals surface area contributed by atoms with Gasteiger partial charge in [-0.15, -0.1) is 5.10 Å². The first-order valence-electron chi connectivity index (χ1n) is 5.90. The summed E-state index contributed by atoms with van der Waals surface area (Å²) in [6.45, 7) is 5.40. The SMILES string of the molecule is Cc1cc(F)c(Br)cc1Nc1nnc(C)c(C)c1C#N. The minimum Gasteiger partial charge on any atom is -0.337 e. The molecule has 102 valence electrons. The third kappa shape index (κ3) is 2.63. The number of benzene rings is 1. The van der Waals surface area contributed by atoms with E-state index in [4.69, 9.17) is 0 Å². The van der Waals surface area contributed by atoms with Gasteiger partial charge in [0.15, 0.2) is 5.82 Å². The van der Waals surface area contributed by atoms with Crippen LogP contribution in [-0.4, -0.2) is 10.2 Å². The minimum atomic E-state index is -0.334. The molecule has 1 aromatic carbocycles. The Labute approximate surface area is 124 Å². The molecule has 0 radical (unpaired) electrons. The molecule has 0 bridgehead atoms. The Morgan fingerprint density at radius 1 is 1.25 bits per heavy atom. The van der Waals surface area contributed by atoms with Crippen molar-refractivity contribution >= 4 is 27.4 Å². The second kappa shape index (κ2) is 5.55. The van der Waals surface area contributed by atoms with Gasteiger partial charge in [0.1, 0.15) is 17.4 Å². The van der Waals surface area contributed by atoms with Gasteiger partial charge < -0.3 is 5.32 Å². The van der Waals surface area contributed by atoms with Crippen LogP contribution >= 0.6 is 15.9 Å². The standard InChI is InChI=1S/C14H12BrFN4/c1-7-4-12(16)11(15)5-13(7)18-14-10(6-17)8(2)9(3)19-20-14/h4-5H,1-3H3,(H,18,20). The van der Waals surface area contributed by atoms with Crippen molar-refractivity contribution in [1.29, 1.82) is 5.26 Å². The molecule has 2 aromatic rings. The number of rotatable bonds is 2. The number of hydrogen-bond donors (Lipinski definition) is 1. The summed E-state index contributed by atoms with van der Waals surface area (Å²) < 4.78 is 13.8. The second-order valence-electron chi connectivity index (χ2n) is 4.45. The Morgan fingerprint density at radius 2 is 1.95 bits per heavy atom. The summed E-state index contributed by atoms with van der Waals surface area (Å²) in [6.07, 6.45) is 0. The number of aromatic nitrogens is 2. The van der Waals surface area contributed by atoms with E-state index in [0.717, 1.165) is 11.1 Å². The molecule has 0 fully saturated rings.